The first-order valence-corrected chi connectivity index (χ1v) is 14.4. The minimum absolute atomic E-state index is 0.0409. The summed E-state index contributed by atoms with van der Waals surface area (Å²) in [6.45, 7) is 11.6. The normalized spacial score (nSPS) is 28.3. The van der Waals surface area contributed by atoms with Crippen molar-refractivity contribution in [2.75, 3.05) is 32.8 Å². The summed E-state index contributed by atoms with van der Waals surface area (Å²) in [5.74, 6) is 1.38. The zero-order valence-corrected chi connectivity index (χ0v) is 23.6. The van der Waals surface area contributed by atoms with E-state index in [0.717, 1.165) is 55.6 Å². The van der Waals surface area contributed by atoms with Crippen molar-refractivity contribution >= 4 is 21.7 Å². The molecule has 2 radical (unpaired) electrons. The number of piperazine rings is 1. The van der Waals surface area contributed by atoms with E-state index in [4.69, 9.17) is 9.47 Å². The molecule has 1 aromatic rings. The van der Waals surface area contributed by atoms with Gasteiger partial charge in [-0.2, -0.15) is 0 Å². The Kier molecular flexibility index (Phi) is 8.90. The summed E-state index contributed by atoms with van der Waals surface area (Å²) >= 11 is 0. The molecule has 1 saturated heterocycles. The fraction of sp³-hybridized carbons (Fsp3) is 0.621. The highest BCUT2D eigenvalue weighted by atomic mass is 28.1. The van der Waals surface area contributed by atoms with Gasteiger partial charge in [0.25, 0.3) is 0 Å². The van der Waals surface area contributed by atoms with E-state index in [1.807, 2.05) is 19.1 Å². The molecule has 0 spiro atoms. The number of ether oxygens (including phenoxy) is 2. The highest BCUT2D eigenvalue weighted by Gasteiger charge is 2.40. The van der Waals surface area contributed by atoms with Crippen molar-refractivity contribution in [1.82, 2.24) is 10.2 Å². The molecule has 2 fully saturated rings. The van der Waals surface area contributed by atoms with Crippen LogP contribution in [0.1, 0.15) is 70.5 Å². The van der Waals surface area contributed by atoms with Gasteiger partial charge in [-0.1, -0.05) is 32.9 Å². The number of Topliss-reactive ketones (excluding diaryl/α,β-unsaturated/α-hetero) is 1. The predicted molar refractivity (Wildman–Crippen MR) is 147 cm³/mol. The average Bonchev–Trinajstić information content (AvgIpc) is 3.64. The van der Waals surface area contributed by atoms with Crippen LogP contribution >= 0.6 is 0 Å². The number of ketones is 1. The van der Waals surface area contributed by atoms with Crippen molar-refractivity contribution in [3.8, 4) is 5.75 Å². The number of nitrogens with one attached hydrogen (secondary N) is 1. The van der Waals surface area contributed by atoms with Gasteiger partial charge in [0.15, 0.2) is 11.4 Å². The minimum atomic E-state index is -0.0484. The third-order valence-electron chi connectivity index (χ3n) is 8.11. The molecule has 1 heterocycles. The monoisotopic (exact) mass is 522 g/mol. The number of rotatable bonds is 10. The Balaban J connectivity index is 1.69. The van der Waals surface area contributed by atoms with E-state index < -0.39 is 0 Å². The molecule has 0 amide bonds. The molecule has 1 aromatic carbocycles. The van der Waals surface area contributed by atoms with Crippen LogP contribution in [-0.2, 0) is 15.6 Å². The Labute approximate surface area is 224 Å². The fourth-order valence-corrected chi connectivity index (χ4v) is 5.84. The summed E-state index contributed by atoms with van der Waals surface area (Å²) in [7, 11) is 3.62. The summed E-state index contributed by atoms with van der Waals surface area (Å²) in [5.41, 5.74) is 3.23. The lowest BCUT2D eigenvalue weighted by molar-refractivity contribution is -0.124. The second kappa shape index (κ2) is 11.9. The zero-order valence-electron chi connectivity index (χ0n) is 22.6. The molecule has 3 unspecified atom stereocenters. The van der Waals surface area contributed by atoms with Gasteiger partial charge in [0.1, 0.15) is 11.8 Å². The Hall–Kier alpha value is -2.45. The van der Waals surface area contributed by atoms with Crippen LogP contribution in [0.15, 0.2) is 40.9 Å². The average molecular weight is 523 g/mol. The molecule has 37 heavy (non-hydrogen) atoms. The van der Waals surface area contributed by atoms with Crippen LogP contribution in [0.4, 0.5) is 5.69 Å². The first-order chi connectivity index (χ1) is 17.9. The van der Waals surface area contributed by atoms with Crippen molar-refractivity contribution in [2.45, 2.75) is 65.5 Å². The minimum Gasteiger partial charge on any atom is -0.491 e. The van der Waals surface area contributed by atoms with Crippen LogP contribution < -0.4 is 10.1 Å². The standard InChI is InChI=1S/C29H40N3O4Si/c1-5-20-19(3)8-7-9-24(28(27(20)33)36-18-29(4)12-13-29)32-15-14-30-23(16-32)21-10-11-25(35-6-2)26(31-34)22(21)17-37/h7,9-11,19-20,23,30H,5-6,8,12-18H2,1-4H3/q+1/b9-7+,28-24-. The second-order valence-corrected chi connectivity index (χ2v) is 11.3. The Morgan fingerprint density at radius 2 is 2.03 bits per heavy atom. The van der Waals surface area contributed by atoms with E-state index in [1.54, 1.807) is 0 Å². The molecule has 3 atom stereocenters. The lowest BCUT2D eigenvalue weighted by Crippen LogP contribution is -2.46. The maximum absolute atomic E-state index is 13.8. The molecule has 4 rings (SSSR count). The summed E-state index contributed by atoms with van der Waals surface area (Å²) in [4.78, 5) is 27.9. The van der Waals surface area contributed by atoms with Crippen LogP contribution in [0.2, 0.25) is 0 Å². The van der Waals surface area contributed by atoms with Crippen molar-refractivity contribution in [1.29, 1.82) is 0 Å². The van der Waals surface area contributed by atoms with E-state index in [1.165, 1.54) is 0 Å². The molecule has 2 aliphatic carbocycles. The molecular weight excluding hydrogens is 482 g/mol. The maximum Gasteiger partial charge on any atom is 0.710 e. The molecule has 0 aromatic heterocycles. The Morgan fingerprint density at radius 1 is 1.24 bits per heavy atom. The van der Waals surface area contributed by atoms with Crippen molar-refractivity contribution in [3.63, 3.8) is 0 Å². The van der Waals surface area contributed by atoms with E-state index in [9.17, 15) is 9.70 Å². The summed E-state index contributed by atoms with van der Waals surface area (Å²) in [6, 6.07) is 4.29. The van der Waals surface area contributed by atoms with Gasteiger partial charge in [-0.25, -0.2) is 0 Å². The Bertz CT molecular complexity index is 1070. The number of carbonyl (C=O) groups is 1. The topological polar surface area (TPSA) is 80.2 Å². The van der Waals surface area contributed by atoms with E-state index in [-0.39, 0.29) is 29.1 Å². The third-order valence-corrected chi connectivity index (χ3v) is 8.47. The maximum atomic E-state index is 13.8. The number of allylic oxidation sites excluding steroid dienone is 3. The van der Waals surface area contributed by atoms with Gasteiger partial charge in [-0.15, -0.1) is 4.91 Å². The van der Waals surface area contributed by atoms with Gasteiger partial charge in [0.05, 0.1) is 25.0 Å². The fourth-order valence-electron chi connectivity index (χ4n) is 5.47. The summed E-state index contributed by atoms with van der Waals surface area (Å²) in [5, 5.41) is 6.92. The number of benzene rings is 1. The smallest absolute Gasteiger partial charge is 0.491 e. The molecule has 7 nitrogen and oxygen atoms in total. The summed E-state index contributed by atoms with van der Waals surface area (Å²) < 4.78 is 12.1. The van der Waals surface area contributed by atoms with Gasteiger partial charge in [-0.05, 0) is 61.4 Å². The SMILES string of the molecule is CCOc1ccc(C2CN(C3=C(\OCC4(C)CC4)C(=O)C(CC)C(C)C\C=C\3)CCN2)c(C[Si+])c1N=O. The predicted octanol–water partition coefficient (Wildman–Crippen LogP) is 5.32. The molecular formula is C29H40N3O4Si+. The van der Waals surface area contributed by atoms with E-state index in [2.05, 4.69) is 58.6 Å². The lowest BCUT2D eigenvalue weighted by Gasteiger charge is -2.38. The largest absolute Gasteiger partial charge is 0.710 e. The highest BCUT2D eigenvalue weighted by molar-refractivity contribution is 6.09. The van der Waals surface area contributed by atoms with Crippen LogP contribution in [-0.4, -0.2) is 53.8 Å². The van der Waals surface area contributed by atoms with Gasteiger partial charge in [0.2, 0.25) is 5.78 Å². The number of hydrogen-bond donors (Lipinski definition) is 1. The molecule has 3 aliphatic rings. The van der Waals surface area contributed by atoms with E-state index >= 15 is 0 Å². The molecule has 198 valence electrons. The number of carbonyl (C=O) groups excluding carboxylic acids is 1. The Morgan fingerprint density at radius 3 is 2.68 bits per heavy atom. The molecule has 1 saturated carbocycles. The van der Waals surface area contributed by atoms with Crippen molar-refractivity contribution in [3.05, 3.63) is 51.8 Å². The van der Waals surface area contributed by atoms with Crippen LogP contribution in [0.5, 0.6) is 5.75 Å². The quantitative estimate of drug-likeness (QED) is 0.331. The van der Waals surface area contributed by atoms with Crippen molar-refractivity contribution in [2.24, 2.45) is 22.4 Å². The zero-order chi connectivity index (χ0) is 26.6. The number of nitroso groups, excluding NO2 is 1. The van der Waals surface area contributed by atoms with Gasteiger partial charge in [0, 0.05) is 36.5 Å². The van der Waals surface area contributed by atoms with Crippen LogP contribution in [0, 0.1) is 22.2 Å². The molecule has 8 heteroatoms. The van der Waals surface area contributed by atoms with Gasteiger partial charge < -0.3 is 19.7 Å². The van der Waals surface area contributed by atoms with Gasteiger partial charge in [-0.3, -0.25) is 4.79 Å². The first kappa shape index (κ1) is 27.6. The number of hydrogen-bond acceptors (Lipinski definition) is 7. The third kappa shape index (κ3) is 6.01. The number of nitrogens with zero attached hydrogens (tertiary/aromatic N) is 2. The molecule has 1 aliphatic heterocycles. The van der Waals surface area contributed by atoms with Crippen LogP contribution in [0.25, 0.3) is 0 Å². The molecule has 1 N–H and O–H groups in total. The molecule has 0 bridgehead atoms. The summed E-state index contributed by atoms with van der Waals surface area (Å²) in [6.07, 6.45) is 8.25. The van der Waals surface area contributed by atoms with Crippen molar-refractivity contribution < 1.29 is 14.3 Å². The first-order valence-electron chi connectivity index (χ1n) is 13.7. The van der Waals surface area contributed by atoms with E-state index in [0.29, 0.717) is 43.0 Å². The highest BCUT2D eigenvalue weighted by Crippen LogP contribution is 2.46. The lowest BCUT2D eigenvalue weighted by atomic mass is 9.83. The second-order valence-electron chi connectivity index (χ2n) is 10.9. The van der Waals surface area contributed by atoms with Crippen LogP contribution in [0.3, 0.4) is 0 Å². The van der Waals surface area contributed by atoms with Gasteiger partial charge >= 0.3 is 10.2 Å².